The molecule has 0 saturated carbocycles. The molecular formula is C18H20N4O. The normalized spacial score (nSPS) is 10.7. The van der Waals surface area contributed by atoms with E-state index in [9.17, 15) is 0 Å². The molecule has 5 nitrogen and oxygen atoms in total. The molecule has 2 heterocycles. The van der Waals surface area contributed by atoms with Crippen LogP contribution in [-0.2, 0) is 0 Å². The van der Waals surface area contributed by atoms with Crippen LogP contribution in [0.2, 0.25) is 0 Å². The minimum atomic E-state index is 0.485. The van der Waals surface area contributed by atoms with Crippen LogP contribution >= 0.6 is 0 Å². The van der Waals surface area contributed by atoms with Crippen LogP contribution in [0.3, 0.4) is 0 Å². The Hall–Kier alpha value is -2.69. The van der Waals surface area contributed by atoms with Crippen molar-refractivity contribution >= 4 is 5.82 Å². The topological polar surface area (TPSA) is 55.1 Å². The maximum Gasteiger partial charge on any atom is 0.259 e. The van der Waals surface area contributed by atoms with Crippen LogP contribution in [0, 0.1) is 0 Å². The van der Waals surface area contributed by atoms with Gasteiger partial charge in [0.2, 0.25) is 5.82 Å². The molecule has 0 spiro atoms. The lowest BCUT2D eigenvalue weighted by Gasteiger charge is -2.17. The number of hydrogen-bond donors (Lipinski definition) is 0. The number of pyridine rings is 1. The number of hydrogen-bond acceptors (Lipinski definition) is 5. The van der Waals surface area contributed by atoms with Crippen LogP contribution in [0.4, 0.5) is 5.82 Å². The van der Waals surface area contributed by atoms with Crippen molar-refractivity contribution in [3.05, 3.63) is 48.7 Å². The van der Waals surface area contributed by atoms with Crippen molar-refractivity contribution in [2.24, 2.45) is 0 Å². The zero-order valence-electron chi connectivity index (χ0n) is 13.4. The fourth-order valence-corrected chi connectivity index (χ4v) is 2.29. The van der Waals surface area contributed by atoms with E-state index in [1.807, 2.05) is 42.5 Å². The number of nitrogens with zero attached hydrogens (tertiary/aromatic N) is 4. The molecule has 2 aromatic heterocycles. The van der Waals surface area contributed by atoms with Gasteiger partial charge in [0, 0.05) is 25.4 Å². The fourth-order valence-electron chi connectivity index (χ4n) is 2.29. The first-order valence-corrected chi connectivity index (χ1v) is 7.84. The second kappa shape index (κ2) is 7.05. The smallest absolute Gasteiger partial charge is 0.259 e. The summed E-state index contributed by atoms with van der Waals surface area (Å²) in [5.74, 6) is 2.02. The molecule has 3 aromatic rings. The zero-order valence-corrected chi connectivity index (χ0v) is 13.4. The molecule has 0 fully saturated rings. The first-order chi connectivity index (χ1) is 11.3. The van der Waals surface area contributed by atoms with Gasteiger partial charge in [-0.25, -0.2) is 4.98 Å². The first-order valence-electron chi connectivity index (χ1n) is 7.84. The maximum absolute atomic E-state index is 5.36. The van der Waals surface area contributed by atoms with Gasteiger partial charge in [-0.2, -0.15) is 4.98 Å². The average molecular weight is 308 g/mol. The molecule has 0 atom stereocenters. The van der Waals surface area contributed by atoms with Crippen molar-refractivity contribution in [3.8, 4) is 22.8 Å². The summed E-state index contributed by atoms with van der Waals surface area (Å²) >= 11 is 0. The molecule has 0 bridgehead atoms. The molecule has 3 rings (SSSR count). The van der Waals surface area contributed by atoms with Crippen LogP contribution in [0.5, 0.6) is 0 Å². The van der Waals surface area contributed by atoms with Gasteiger partial charge in [-0.3, -0.25) is 0 Å². The van der Waals surface area contributed by atoms with Crippen LogP contribution < -0.4 is 4.90 Å². The molecule has 0 radical (unpaired) electrons. The monoisotopic (exact) mass is 308 g/mol. The largest absolute Gasteiger partial charge is 0.360 e. The highest BCUT2D eigenvalue weighted by Crippen LogP contribution is 2.22. The van der Waals surface area contributed by atoms with E-state index in [4.69, 9.17) is 4.52 Å². The lowest BCUT2D eigenvalue weighted by Crippen LogP contribution is -2.19. The van der Waals surface area contributed by atoms with Gasteiger partial charge in [0.05, 0.1) is 5.56 Å². The molecule has 0 aliphatic rings. The standard InChI is InChI=1S/C18H20N4O/c1-3-4-12-22(2)16-11-10-15(13-19-16)18-20-17(21-23-18)14-8-6-5-7-9-14/h5-11,13H,3-4,12H2,1-2H3. The summed E-state index contributed by atoms with van der Waals surface area (Å²) in [6, 6.07) is 13.7. The van der Waals surface area contributed by atoms with Gasteiger partial charge in [-0.1, -0.05) is 48.8 Å². The van der Waals surface area contributed by atoms with E-state index >= 15 is 0 Å². The molecule has 0 amide bonds. The minimum Gasteiger partial charge on any atom is -0.360 e. The van der Waals surface area contributed by atoms with Crippen LogP contribution in [0.25, 0.3) is 22.8 Å². The minimum absolute atomic E-state index is 0.485. The van der Waals surface area contributed by atoms with Crippen LogP contribution in [-0.4, -0.2) is 28.7 Å². The number of rotatable bonds is 6. The van der Waals surface area contributed by atoms with Crippen molar-refractivity contribution < 1.29 is 4.52 Å². The molecule has 0 saturated heterocycles. The van der Waals surface area contributed by atoms with Crippen LogP contribution in [0.1, 0.15) is 19.8 Å². The summed E-state index contributed by atoms with van der Waals surface area (Å²) in [7, 11) is 2.05. The van der Waals surface area contributed by atoms with Gasteiger partial charge in [0.25, 0.3) is 5.89 Å². The molecule has 0 aliphatic carbocycles. The molecular weight excluding hydrogens is 288 g/mol. The predicted molar refractivity (Wildman–Crippen MR) is 91.1 cm³/mol. The average Bonchev–Trinajstić information content (AvgIpc) is 3.11. The Morgan fingerprint density at radius 2 is 1.87 bits per heavy atom. The Bertz CT molecular complexity index is 737. The lowest BCUT2D eigenvalue weighted by atomic mass is 10.2. The lowest BCUT2D eigenvalue weighted by molar-refractivity contribution is 0.432. The molecule has 118 valence electrons. The van der Waals surface area contributed by atoms with Crippen molar-refractivity contribution in [1.29, 1.82) is 0 Å². The Labute approximate surface area is 136 Å². The van der Waals surface area contributed by atoms with E-state index in [1.54, 1.807) is 6.20 Å². The summed E-state index contributed by atoms with van der Waals surface area (Å²) < 4.78 is 5.36. The summed E-state index contributed by atoms with van der Waals surface area (Å²) in [5.41, 5.74) is 1.76. The highest BCUT2D eigenvalue weighted by atomic mass is 16.5. The Kier molecular flexibility index (Phi) is 4.66. The molecule has 23 heavy (non-hydrogen) atoms. The summed E-state index contributed by atoms with van der Waals surface area (Å²) in [4.78, 5) is 11.1. The third-order valence-electron chi connectivity index (χ3n) is 3.69. The highest BCUT2D eigenvalue weighted by molar-refractivity contribution is 5.60. The van der Waals surface area contributed by atoms with Crippen molar-refractivity contribution in [1.82, 2.24) is 15.1 Å². The number of aromatic nitrogens is 3. The number of anilines is 1. The van der Waals surface area contributed by atoms with Gasteiger partial charge >= 0.3 is 0 Å². The number of unbranched alkanes of at least 4 members (excludes halogenated alkanes) is 1. The molecule has 1 aromatic carbocycles. The molecule has 0 unspecified atom stereocenters. The maximum atomic E-state index is 5.36. The van der Waals surface area contributed by atoms with Crippen LogP contribution in [0.15, 0.2) is 53.2 Å². The Balaban J connectivity index is 1.76. The van der Waals surface area contributed by atoms with E-state index in [-0.39, 0.29) is 0 Å². The van der Waals surface area contributed by atoms with Gasteiger partial charge in [-0.05, 0) is 18.6 Å². The van der Waals surface area contributed by atoms with E-state index in [0.29, 0.717) is 11.7 Å². The first kappa shape index (κ1) is 15.2. The third-order valence-corrected chi connectivity index (χ3v) is 3.69. The molecule has 0 aliphatic heterocycles. The predicted octanol–water partition coefficient (Wildman–Crippen LogP) is 4.03. The molecule has 5 heteroatoms. The molecule has 0 N–H and O–H groups in total. The van der Waals surface area contributed by atoms with Gasteiger partial charge in [-0.15, -0.1) is 0 Å². The zero-order chi connectivity index (χ0) is 16.1. The van der Waals surface area contributed by atoms with Crippen molar-refractivity contribution in [2.75, 3.05) is 18.5 Å². The highest BCUT2D eigenvalue weighted by Gasteiger charge is 2.11. The van der Waals surface area contributed by atoms with Crippen molar-refractivity contribution in [3.63, 3.8) is 0 Å². The quantitative estimate of drug-likeness (QED) is 0.688. The van der Waals surface area contributed by atoms with Crippen molar-refractivity contribution in [2.45, 2.75) is 19.8 Å². The van der Waals surface area contributed by atoms with Gasteiger partial charge in [0.1, 0.15) is 5.82 Å². The summed E-state index contributed by atoms with van der Waals surface area (Å²) in [5, 5.41) is 4.04. The van der Waals surface area contributed by atoms with E-state index in [0.717, 1.165) is 29.9 Å². The van der Waals surface area contributed by atoms with Gasteiger partial charge < -0.3 is 9.42 Å². The SMILES string of the molecule is CCCCN(C)c1ccc(-c2nc(-c3ccccc3)no2)cn1. The second-order valence-corrected chi connectivity index (χ2v) is 5.47. The van der Waals surface area contributed by atoms with E-state index < -0.39 is 0 Å². The third kappa shape index (κ3) is 3.56. The second-order valence-electron chi connectivity index (χ2n) is 5.47. The van der Waals surface area contributed by atoms with Gasteiger partial charge in [0.15, 0.2) is 0 Å². The Morgan fingerprint density at radius 1 is 1.04 bits per heavy atom. The fraction of sp³-hybridized carbons (Fsp3) is 0.278. The summed E-state index contributed by atoms with van der Waals surface area (Å²) in [6.45, 7) is 3.19. The van der Waals surface area contributed by atoms with E-state index in [2.05, 4.69) is 34.0 Å². The summed E-state index contributed by atoms with van der Waals surface area (Å²) in [6.07, 6.45) is 4.11. The Morgan fingerprint density at radius 3 is 2.57 bits per heavy atom. The number of benzene rings is 1. The van der Waals surface area contributed by atoms with E-state index in [1.165, 1.54) is 6.42 Å².